The van der Waals surface area contributed by atoms with Gasteiger partial charge >= 0.3 is 12.1 Å². The first-order chi connectivity index (χ1) is 17.2. The van der Waals surface area contributed by atoms with Gasteiger partial charge in [-0.2, -0.15) is 17.5 Å². The van der Waals surface area contributed by atoms with E-state index in [-0.39, 0.29) is 24.5 Å². The van der Waals surface area contributed by atoms with Crippen molar-refractivity contribution in [3.63, 3.8) is 0 Å². The van der Waals surface area contributed by atoms with Gasteiger partial charge in [-0.25, -0.2) is 22.0 Å². The molecule has 0 aromatic heterocycles. The normalized spacial score (nSPS) is 12.5. The van der Waals surface area contributed by atoms with Gasteiger partial charge in [0, 0.05) is 18.8 Å². The summed E-state index contributed by atoms with van der Waals surface area (Å²) in [5, 5.41) is 16.6. The van der Waals surface area contributed by atoms with Crippen LogP contribution < -0.4 is 10.5 Å². The Kier molecular flexibility index (Phi) is 8.27. The monoisotopic (exact) mass is 557 g/mol. The Morgan fingerprint density at radius 1 is 0.865 bits per heavy atom. The minimum atomic E-state index is -4.76. The summed E-state index contributed by atoms with van der Waals surface area (Å²) in [6.07, 6.45) is -4.76. The van der Waals surface area contributed by atoms with Crippen molar-refractivity contribution in [1.82, 2.24) is 4.31 Å². The molecule has 0 spiro atoms. The third kappa shape index (κ3) is 7.52. The maximum atomic E-state index is 13.5. The maximum Gasteiger partial charge on any atom is 0.416 e. The van der Waals surface area contributed by atoms with Crippen molar-refractivity contribution >= 4 is 31.7 Å². The molecule has 0 fully saturated rings. The van der Waals surface area contributed by atoms with Crippen LogP contribution >= 0.6 is 0 Å². The highest BCUT2D eigenvalue weighted by Crippen LogP contribution is 2.32. The van der Waals surface area contributed by atoms with Crippen molar-refractivity contribution in [2.45, 2.75) is 29.1 Å². The number of carbonyl (C=O) groups is 1. The van der Waals surface area contributed by atoms with Gasteiger partial charge in [-0.1, -0.05) is 30.3 Å². The Labute approximate surface area is 211 Å². The fourth-order valence-electron chi connectivity index (χ4n) is 3.36. The number of anilines is 1. The largest absolute Gasteiger partial charge is 0.480 e. The summed E-state index contributed by atoms with van der Waals surface area (Å²) in [6, 6.07) is 14.6. The van der Waals surface area contributed by atoms with Crippen LogP contribution in [0.5, 0.6) is 0 Å². The molecule has 0 aliphatic heterocycles. The van der Waals surface area contributed by atoms with Gasteiger partial charge in [0.05, 0.1) is 15.4 Å². The number of aliphatic carboxylic acids is 1. The number of primary sulfonamides is 1. The van der Waals surface area contributed by atoms with Crippen molar-refractivity contribution in [3.05, 3.63) is 89.5 Å². The van der Waals surface area contributed by atoms with Crippen molar-refractivity contribution in [2.24, 2.45) is 5.14 Å². The van der Waals surface area contributed by atoms with Gasteiger partial charge in [0.1, 0.15) is 6.54 Å². The molecule has 0 saturated carbocycles. The van der Waals surface area contributed by atoms with E-state index in [2.05, 4.69) is 5.32 Å². The zero-order valence-electron chi connectivity index (χ0n) is 19.0. The smallest absolute Gasteiger partial charge is 0.416 e. The second-order valence-electron chi connectivity index (χ2n) is 7.94. The molecular formula is C23H22F3N3O6S2. The molecule has 0 heterocycles. The Morgan fingerprint density at radius 2 is 1.49 bits per heavy atom. The number of carboxylic acid groups (broad SMARTS) is 1. The van der Waals surface area contributed by atoms with Gasteiger partial charge in [0.25, 0.3) is 0 Å². The van der Waals surface area contributed by atoms with Crippen LogP contribution in [0.1, 0.15) is 16.7 Å². The maximum absolute atomic E-state index is 13.5. The molecule has 0 saturated heterocycles. The summed E-state index contributed by atoms with van der Waals surface area (Å²) in [7, 11) is -8.47. The number of benzene rings is 3. The van der Waals surface area contributed by atoms with Crippen LogP contribution in [0.15, 0.2) is 82.6 Å². The summed E-state index contributed by atoms with van der Waals surface area (Å²) in [5.74, 6) is -1.11. The predicted molar refractivity (Wildman–Crippen MR) is 128 cm³/mol. The fourth-order valence-corrected chi connectivity index (χ4v) is 5.34. The average molecular weight is 558 g/mol. The molecule has 0 bridgehead atoms. The van der Waals surface area contributed by atoms with E-state index in [0.29, 0.717) is 22.9 Å². The number of nitrogens with zero attached hydrogens (tertiary/aromatic N) is 1. The van der Waals surface area contributed by atoms with E-state index in [9.17, 15) is 34.8 Å². The van der Waals surface area contributed by atoms with Crippen LogP contribution in [0, 0.1) is 0 Å². The van der Waals surface area contributed by atoms with Crippen LogP contribution in [0.3, 0.4) is 0 Å². The van der Waals surface area contributed by atoms with Crippen LogP contribution in [0.25, 0.3) is 0 Å². The lowest BCUT2D eigenvalue weighted by Gasteiger charge is -2.23. The summed E-state index contributed by atoms with van der Waals surface area (Å²) < 4.78 is 90.7. The van der Waals surface area contributed by atoms with E-state index in [0.717, 1.165) is 22.5 Å². The fraction of sp³-hybridized carbons (Fsp3) is 0.174. The molecule has 0 aliphatic carbocycles. The minimum Gasteiger partial charge on any atom is -0.480 e. The summed E-state index contributed by atoms with van der Waals surface area (Å²) in [6.45, 7) is -0.972. The lowest BCUT2D eigenvalue weighted by molar-refractivity contribution is -0.138. The number of sulfonamides is 2. The number of hydrogen-bond acceptors (Lipinski definition) is 6. The van der Waals surface area contributed by atoms with Gasteiger partial charge in [0.2, 0.25) is 20.0 Å². The molecular weight excluding hydrogens is 535 g/mol. The number of halogens is 3. The minimum absolute atomic E-state index is 0.194. The van der Waals surface area contributed by atoms with E-state index < -0.39 is 42.7 Å². The van der Waals surface area contributed by atoms with Gasteiger partial charge < -0.3 is 10.4 Å². The van der Waals surface area contributed by atoms with Crippen molar-refractivity contribution in [2.75, 3.05) is 11.9 Å². The molecule has 0 unspecified atom stereocenters. The molecule has 4 N–H and O–H groups in total. The second-order valence-corrected chi connectivity index (χ2v) is 11.4. The zero-order valence-corrected chi connectivity index (χ0v) is 20.6. The first kappa shape index (κ1) is 28.1. The number of hydrogen-bond donors (Lipinski definition) is 3. The molecule has 14 heteroatoms. The molecule has 37 heavy (non-hydrogen) atoms. The van der Waals surface area contributed by atoms with Gasteiger partial charge in [-0.15, -0.1) is 0 Å². The molecule has 3 aromatic rings. The van der Waals surface area contributed by atoms with Crippen LogP contribution in [-0.2, 0) is 44.1 Å². The van der Waals surface area contributed by atoms with Crippen molar-refractivity contribution in [3.8, 4) is 0 Å². The average Bonchev–Trinajstić information content (AvgIpc) is 2.82. The van der Waals surface area contributed by atoms with Crippen LogP contribution in [0.4, 0.5) is 18.9 Å². The van der Waals surface area contributed by atoms with Crippen molar-refractivity contribution < 1.29 is 39.9 Å². The summed E-state index contributed by atoms with van der Waals surface area (Å²) >= 11 is 0. The Balaban J connectivity index is 2.01. The third-order valence-corrected chi connectivity index (χ3v) is 7.86. The number of alkyl halides is 3. The van der Waals surface area contributed by atoms with Crippen LogP contribution in [0.2, 0.25) is 0 Å². The van der Waals surface area contributed by atoms with E-state index >= 15 is 0 Å². The van der Waals surface area contributed by atoms with Gasteiger partial charge in [0.15, 0.2) is 0 Å². The predicted octanol–water partition coefficient (Wildman–Crippen LogP) is 3.24. The summed E-state index contributed by atoms with van der Waals surface area (Å²) in [5.41, 5.74) is 0.0370. The Hall–Kier alpha value is -3.46. The third-order valence-electron chi connectivity index (χ3n) is 5.14. The molecule has 3 aromatic carbocycles. The first-order valence-corrected chi connectivity index (χ1v) is 13.5. The number of rotatable bonds is 10. The highest BCUT2D eigenvalue weighted by molar-refractivity contribution is 7.89. The molecule has 0 radical (unpaired) electrons. The number of carboxylic acids is 1. The molecule has 3 rings (SSSR count). The highest BCUT2D eigenvalue weighted by Gasteiger charge is 2.33. The van der Waals surface area contributed by atoms with Crippen LogP contribution in [-0.4, -0.2) is 38.8 Å². The highest BCUT2D eigenvalue weighted by atomic mass is 32.2. The topological polar surface area (TPSA) is 147 Å². The lowest BCUT2D eigenvalue weighted by Crippen LogP contribution is -2.30. The Morgan fingerprint density at radius 3 is 2.08 bits per heavy atom. The summed E-state index contributed by atoms with van der Waals surface area (Å²) in [4.78, 5) is 10.1. The zero-order chi connectivity index (χ0) is 27.4. The number of nitrogens with one attached hydrogen (secondary N) is 1. The number of nitrogens with two attached hydrogens (primary N) is 1. The molecule has 0 aliphatic rings. The quantitative estimate of drug-likeness (QED) is 0.347. The van der Waals surface area contributed by atoms with Gasteiger partial charge in [-0.05, 0) is 53.6 Å². The molecule has 9 nitrogen and oxygen atoms in total. The first-order valence-electron chi connectivity index (χ1n) is 10.5. The van der Waals surface area contributed by atoms with E-state index in [1.54, 1.807) is 18.2 Å². The SMILES string of the molecule is NS(=O)(=O)c1ccc(CN(Cc2cccc(NCC(=O)O)c2)S(=O)(=O)c2cccc(C(F)(F)F)c2)cc1. The lowest BCUT2D eigenvalue weighted by atomic mass is 10.2. The molecule has 198 valence electrons. The molecule has 0 amide bonds. The standard InChI is InChI=1S/C23H22F3N3O6S2/c24-23(25,26)18-4-2-6-21(12-18)37(34,35)29(14-16-7-9-20(10-8-16)36(27,32)33)15-17-3-1-5-19(11-17)28-13-22(30)31/h1-12,28H,13-15H2,(H,30,31)(H2,27,32,33). The molecule has 0 atom stereocenters. The van der Waals surface area contributed by atoms with E-state index in [1.165, 1.54) is 30.3 Å². The Bertz CT molecular complexity index is 1490. The van der Waals surface area contributed by atoms with Crippen molar-refractivity contribution in [1.29, 1.82) is 0 Å². The van der Waals surface area contributed by atoms with E-state index in [4.69, 9.17) is 10.2 Å². The second kappa shape index (κ2) is 10.9. The van der Waals surface area contributed by atoms with E-state index in [1.807, 2.05) is 0 Å². The van der Waals surface area contributed by atoms with Gasteiger partial charge in [-0.3, -0.25) is 4.79 Å².